The summed E-state index contributed by atoms with van der Waals surface area (Å²) in [5.41, 5.74) is 21.4. The van der Waals surface area contributed by atoms with Crippen molar-refractivity contribution in [3.63, 3.8) is 0 Å². The van der Waals surface area contributed by atoms with E-state index in [0.29, 0.717) is 0 Å². The highest BCUT2D eigenvalue weighted by atomic mass is 32.1. The maximum Gasteiger partial charge on any atom is 0.0355 e. The Morgan fingerprint density at radius 3 is 1.06 bits per heavy atom. The van der Waals surface area contributed by atoms with Crippen molar-refractivity contribution < 1.29 is 0 Å². The second-order valence-electron chi connectivity index (χ2n) is 21.3. The average Bonchev–Trinajstić information content (AvgIpc) is 3.89. The second-order valence-corrected chi connectivity index (χ2v) is 22.3. The van der Waals surface area contributed by atoms with Gasteiger partial charge < -0.3 is 0 Å². The number of aryl methyl sites for hydroxylation is 12. The molecule has 0 fully saturated rings. The summed E-state index contributed by atoms with van der Waals surface area (Å²) < 4.78 is 2.78. The van der Waals surface area contributed by atoms with Gasteiger partial charge in [0.25, 0.3) is 0 Å². The molecule has 0 bridgehead atoms. The van der Waals surface area contributed by atoms with E-state index in [-0.39, 0.29) is 0 Å². The smallest absolute Gasteiger partial charge is 0.0355 e. The monoisotopic (exact) mass is 1040 g/mol. The lowest BCUT2D eigenvalue weighted by atomic mass is 9.96. The van der Waals surface area contributed by atoms with Gasteiger partial charge in [0.05, 0.1) is 0 Å². The molecule has 1 aromatic heterocycles. The van der Waals surface area contributed by atoms with E-state index in [2.05, 4.69) is 326 Å². The fourth-order valence-corrected chi connectivity index (χ4v) is 11.4. The van der Waals surface area contributed by atoms with Crippen molar-refractivity contribution in [2.24, 2.45) is 0 Å². The Bertz CT molecular complexity index is 3910. The summed E-state index contributed by atoms with van der Waals surface area (Å²) >= 11 is 1.88. The molecular formula is C78H76S. The predicted molar refractivity (Wildman–Crippen MR) is 352 cm³/mol. The van der Waals surface area contributed by atoms with Crippen LogP contribution in [0.1, 0.15) is 66.8 Å². The Morgan fingerprint density at radius 1 is 0.215 bits per heavy atom. The maximum absolute atomic E-state index is 2.29. The number of hydrogen-bond donors (Lipinski definition) is 0. The molecule has 0 saturated carbocycles. The van der Waals surface area contributed by atoms with Crippen molar-refractivity contribution >= 4 is 63.8 Å². The van der Waals surface area contributed by atoms with Gasteiger partial charge in [-0.15, -0.1) is 11.3 Å². The van der Waals surface area contributed by atoms with Gasteiger partial charge in [0.1, 0.15) is 0 Å². The van der Waals surface area contributed by atoms with Crippen molar-refractivity contribution in [2.45, 2.75) is 83.1 Å². The molecule has 0 unspecified atom stereocenters. The van der Waals surface area contributed by atoms with Crippen molar-refractivity contribution in [2.75, 3.05) is 0 Å². The van der Waals surface area contributed by atoms with E-state index in [0.717, 1.165) is 0 Å². The molecule has 1 heteroatoms. The van der Waals surface area contributed by atoms with Crippen LogP contribution in [0.5, 0.6) is 0 Å². The van der Waals surface area contributed by atoms with Crippen LogP contribution in [0.2, 0.25) is 0 Å². The minimum Gasteiger partial charge on any atom is -0.135 e. The van der Waals surface area contributed by atoms with Crippen LogP contribution in [0.3, 0.4) is 0 Å². The fourth-order valence-electron chi connectivity index (χ4n) is 10.3. The fraction of sp³-hybridized carbons (Fsp3) is 0.154. The molecule has 13 rings (SSSR count). The van der Waals surface area contributed by atoms with Gasteiger partial charge in [-0.3, -0.25) is 0 Å². The summed E-state index contributed by atoms with van der Waals surface area (Å²) in [5.74, 6) is 0. The van der Waals surface area contributed by atoms with Crippen molar-refractivity contribution in [3.05, 3.63) is 309 Å². The minimum absolute atomic E-state index is 1.31. The van der Waals surface area contributed by atoms with Gasteiger partial charge >= 0.3 is 0 Å². The standard InChI is InChI=1S/C14H12S.2C14H14.3C12H12/c1-9-3-5-13-11(7-9)12-8-10(2)4-6-14(12)15-13;1-11-6-5-8-13(10-11)14-9-4-3-7-12(14)2;1-11-7-6-8-12(2)14(11)13-9-4-3-5-10-13;1-9-3-5-12-8-10(2)4-6-11(12)7-9;1-9-5-3-8-12-10(2)6-4-7-11(9)12;1-9-7-8-10(2)12-6-4-3-5-11(9)12/h3-8H,1-2H3;2*3-10H,1-2H3;3*3-8H,1-2H3. The molecule has 0 saturated heterocycles. The lowest BCUT2D eigenvalue weighted by Gasteiger charge is -2.09. The number of thiophene rings is 1. The first-order valence-electron chi connectivity index (χ1n) is 27.6. The van der Waals surface area contributed by atoms with Crippen LogP contribution in [0.25, 0.3) is 74.7 Å². The van der Waals surface area contributed by atoms with E-state index < -0.39 is 0 Å². The minimum atomic E-state index is 1.31. The number of fused-ring (bicyclic) bond motifs is 6. The third kappa shape index (κ3) is 14.8. The molecule has 1 heterocycles. The largest absolute Gasteiger partial charge is 0.135 e. The van der Waals surface area contributed by atoms with Crippen LogP contribution in [0.15, 0.2) is 243 Å². The van der Waals surface area contributed by atoms with Gasteiger partial charge in [0.2, 0.25) is 0 Å². The van der Waals surface area contributed by atoms with Crippen molar-refractivity contribution in [1.29, 1.82) is 0 Å². The molecule has 0 nitrogen and oxygen atoms in total. The van der Waals surface area contributed by atoms with Crippen LogP contribution in [-0.4, -0.2) is 0 Å². The molecule has 0 aliphatic carbocycles. The van der Waals surface area contributed by atoms with Gasteiger partial charge in [-0.1, -0.05) is 246 Å². The lowest BCUT2D eigenvalue weighted by Crippen LogP contribution is -1.86. The first kappa shape index (κ1) is 56.8. The Hall–Kier alpha value is -8.36. The third-order valence-corrected chi connectivity index (χ3v) is 15.8. The first-order chi connectivity index (χ1) is 38.1. The topological polar surface area (TPSA) is 0 Å². The van der Waals surface area contributed by atoms with Gasteiger partial charge in [-0.05, 0) is 201 Å². The van der Waals surface area contributed by atoms with Crippen molar-refractivity contribution in [1.82, 2.24) is 0 Å². The maximum atomic E-state index is 2.29. The third-order valence-electron chi connectivity index (χ3n) is 14.7. The van der Waals surface area contributed by atoms with E-state index in [1.807, 2.05) is 11.3 Å². The molecule has 13 aromatic rings. The van der Waals surface area contributed by atoms with Crippen molar-refractivity contribution in [3.8, 4) is 22.3 Å². The molecule has 12 aromatic carbocycles. The van der Waals surface area contributed by atoms with E-state index in [4.69, 9.17) is 0 Å². The highest BCUT2D eigenvalue weighted by molar-refractivity contribution is 7.25. The highest BCUT2D eigenvalue weighted by Gasteiger charge is 2.06. The van der Waals surface area contributed by atoms with Gasteiger partial charge in [0.15, 0.2) is 0 Å². The highest BCUT2D eigenvalue weighted by Crippen LogP contribution is 2.35. The zero-order valence-electron chi connectivity index (χ0n) is 48.5. The summed E-state index contributed by atoms with van der Waals surface area (Å²) in [7, 11) is 0. The quantitative estimate of drug-likeness (QED) is 0.162. The summed E-state index contributed by atoms with van der Waals surface area (Å²) in [6.07, 6.45) is 0. The summed E-state index contributed by atoms with van der Waals surface area (Å²) in [6, 6.07) is 86.4. The van der Waals surface area contributed by atoms with Gasteiger partial charge in [-0.25, -0.2) is 0 Å². The Balaban J connectivity index is 0.000000125. The first-order valence-corrected chi connectivity index (χ1v) is 28.5. The normalized spacial score (nSPS) is 10.5. The van der Waals surface area contributed by atoms with Gasteiger partial charge in [0, 0.05) is 20.2 Å². The summed E-state index contributed by atoms with van der Waals surface area (Å²) in [4.78, 5) is 0. The number of rotatable bonds is 2. The molecule has 0 aliphatic heterocycles. The van der Waals surface area contributed by atoms with Crippen LogP contribution < -0.4 is 0 Å². The number of hydrogen-bond acceptors (Lipinski definition) is 1. The molecule has 394 valence electrons. The molecule has 0 radical (unpaired) electrons. The SMILES string of the molecule is Cc1ccc(C)c2ccccc12.Cc1ccc2cc(C)ccc2c1.Cc1ccc2sc3ccc(C)cc3c2c1.Cc1cccc(-c2ccccc2C)c1.Cc1cccc(C)c1-c1ccccc1.Cc1cccc2c(C)cccc12. The summed E-state index contributed by atoms with van der Waals surface area (Å²) in [5, 5.41) is 11.0. The Labute approximate surface area is 475 Å². The van der Waals surface area contributed by atoms with Crippen LogP contribution in [0, 0.1) is 83.1 Å². The molecular weight excluding hydrogens is 969 g/mol. The molecule has 79 heavy (non-hydrogen) atoms. The summed E-state index contributed by atoms with van der Waals surface area (Å²) in [6.45, 7) is 25.8. The van der Waals surface area contributed by atoms with E-state index in [9.17, 15) is 0 Å². The van der Waals surface area contributed by atoms with Crippen LogP contribution >= 0.6 is 11.3 Å². The van der Waals surface area contributed by atoms with E-state index in [1.165, 1.54) is 142 Å². The molecule has 0 atom stereocenters. The second kappa shape index (κ2) is 26.8. The number of benzene rings is 12. The zero-order chi connectivity index (χ0) is 56.0. The molecule has 0 amide bonds. The molecule has 0 aliphatic rings. The van der Waals surface area contributed by atoms with Crippen LogP contribution in [0.4, 0.5) is 0 Å². The Kier molecular flexibility index (Phi) is 19.3. The van der Waals surface area contributed by atoms with Gasteiger partial charge in [-0.2, -0.15) is 0 Å². The Morgan fingerprint density at radius 2 is 0.570 bits per heavy atom. The van der Waals surface area contributed by atoms with Crippen LogP contribution in [-0.2, 0) is 0 Å². The zero-order valence-corrected chi connectivity index (χ0v) is 49.3. The predicted octanol–water partition coefficient (Wildman–Crippen LogP) is 23.0. The lowest BCUT2D eigenvalue weighted by molar-refractivity contribution is 1.38. The molecule has 0 N–H and O–H groups in total. The molecule has 0 spiro atoms. The van der Waals surface area contributed by atoms with E-state index >= 15 is 0 Å². The average molecular weight is 1050 g/mol. The van der Waals surface area contributed by atoms with E-state index in [1.54, 1.807) is 0 Å².